The molecule has 0 spiro atoms. The molecule has 1 aliphatic rings. The summed E-state index contributed by atoms with van der Waals surface area (Å²) in [6.45, 7) is 4.49. The van der Waals surface area contributed by atoms with Crippen molar-refractivity contribution in [3.05, 3.63) is 23.8 Å². The Balaban J connectivity index is 2.23. The molecule has 9 heteroatoms. The van der Waals surface area contributed by atoms with Crippen LogP contribution in [0, 0.1) is 6.92 Å². The Morgan fingerprint density at radius 2 is 1.88 bits per heavy atom. The maximum absolute atomic E-state index is 12.9. The van der Waals surface area contributed by atoms with Gasteiger partial charge in [0.2, 0.25) is 15.9 Å². The summed E-state index contributed by atoms with van der Waals surface area (Å²) in [5.41, 5.74) is 6.05. The van der Waals surface area contributed by atoms with E-state index in [4.69, 9.17) is 5.73 Å². The van der Waals surface area contributed by atoms with Crippen molar-refractivity contribution in [2.45, 2.75) is 50.5 Å². The summed E-state index contributed by atoms with van der Waals surface area (Å²) in [6.07, 6.45) is 3.10. The quantitative estimate of drug-likeness (QED) is 0.691. The van der Waals surface area contributed by atoms with Crippen LogP contribution < -0.4 is 16.4 Å². The number of anilines is 1. The lowest BCUT2D eigenvalue weighted by atomic mass is 10.2. The van der Waals surface area contributed by atoms with Gasteiger partial charge < -0.3 is 16.4 Å². The van der Waals surface area contributed by atoms with Gasteiger partial charge in [0.1, 0.15) is 6.04 Å². The lowest BCUT2D eigenvalue weighted by Crippen LogP contribution is -2.45. The molecular formula is C17H26N4O4S. The largest absolute Gasteiger partial charge is 0.352 e. The Kier molecular flexibility index (Phi) is 6.60. The van der Waals surface area contributed by atoms with Crippen LogP contribution in [0.1, 0.15) is 38.2 Å². The number of benzene rings is 1. The number of nitrogens with two attached hydrogens (primary N) is 1. The van der Waals surface area contributed by atoms with Crippen molar-refractivity contribution in [3.8, 4) is 0 Å². The monoisotopic (exact) mass is 382 g/mol. The lowest BCUT2D eigenvalue weighted by Gasteiger charge is -2.26. The molecule has 1 aliphatic heterocycles. The van der Waals surface area contributed by atoms with Gasteiger partial charge in [-0.1, -0.05) is 19.4 Å². The minimum Gasteiger partial charge on any atom is -0.352 e. The van der Waals surface area contributed by atoms with Gasteiger partial charge in [-0.15, -0.1) is 0 Å². The molecule has 2 rings (SSSR count). The summed E-state index contributed by atoms with van der Waals surface area (Å²) < 4.78 is 27.3. The van der Waals surface area contributed by atoms with E-state index in [1.54, 1.807) is 26.0 Å². The minimum atomic E-state index is -3.60. The molecule has 0 aromatic heterocycles. The number of amides is 3. The number of carbonyl (C=O) groups excluding carboxylic acids is 2. The first-order valence-corrected chi connectivity index (χ1v) is 10.2. The van der Waals surface area contributed by atoms with E-state index >= 15 is 0 Å². The molecule has 0 aliphatic carbocycles. The molecule has 3 amide bonds. The highest BCUT2D eigenvalue weighted by atomic mass is 32.2. The third-order valence-corrected chi connectivity index (χ3v) is 6.47. The number of primary amides is 1. The number of aryl methyl sites for hydroxylation is 1. The molecule has 26 heavy (non-hydrogen) atoms. The first kappa shape index (κ1) is 20.2. The molecule has 4 N–H and O–H groups in total. The number of rotatable bonds is 6. The van der Waals surface area contributed by atoms with Gasteiger partial charge >= 0.3 is 6.03 Å². The number of urea groups is 1. The van der Waals surface area contributed by atoms with Gasteiger partial charge in [0.15, 0.2) is 0 Å². The van der Waals surface area contributed by atoms with E-state index in [1.807, 2.05) is 0 Å². The summed E-state index contributed by atoms with van der Waals surface area (Å²) in [5, 5.41) is 5.01. The van der Waals surface area contributed by atoms with Crippen molar-refractivity contribution in [1.29, 1.82) is 0 Å². The van der Waals surface area contributed by atoms with Crippen LogP contribution in [0.4, 0.5) is 10.5 Å². The number of hydrogen-bond acceptors (Lipinski definition) is 4. The molecular weight excluding hydrogens is 356 g/mol. The van der Waals surface area contributed by atoms with Crippen molar-refractivity contribution in [2.75, 3.05) is 18.4 Å². The zero-order chi connectivity index (χ0) is 19.3. The predicted molar refractivity (Wildman–Crippen MR) is 99.2 cm³/mol. The van der Waals surface area contributed by atoms with E-state index in [1.165, 1.54) is 10.4 Å². The van der Waals surface area contributed by atoms with Crippen LogP contribution in [0.2, 0.25) is 0 Å². The zero-order valence-electron chi connectivity index (χ0n) is 15.1. The molecule has 1 atom stereocenters. The van der Waals surface area contributed by atoms with Crippen molar-refractivity contribution >= 4 is 27.6 Å². The van der Waals surface area contributed by atoms with E-state index < -0.39 is 28.0 Å². The van der Waals surface area contributed by atoms with Gasteiger partial charge in [-0.25, -0.2) is 13.2 Å². The molecule has 1 aromatic carbocycles. The average Bonchev–Trinajstić information content (AvgIpc) is 2.61. The van der Waals surface area contributed by atoms with Crippen LogP contribution in [-0.4, -0.2) is 43.8 Å². The van der Waals surface area contributed by atoms with Gasteiger partial charge in [0, 0.05) is 18.8 Å². The highest BCUT2D eigenvalue weighted by Gasteiger charge is 2.28. The number of hydrogen-bond donors (Lipinski definition) is 3. The summed E-state index contributed by atoms with van der Waals surface area (Å²) >= 11 is 0. The van der Waals surface area contributed by atoms with Crippen LogP contribution in [0.15, 0.2) is 23.1 Å². The standard InChI is InChI=1S/C17H26N4O4S/c1-3-14(20-17(18)23)16(22)19-13-8-7-12(2)15(11-13)26(24,25)21-9-5-4-6-10-21/h7-8,11,14H,3-6,9-10H2,1-2H3,(H,19,22)(H3,18,20,23)/t14-/m0/s1. The molecule has 1 aromatic rings. The number of carbonyl (C=O) groups is 2. The fraction of sp³-hybridized carbons (Fsp3) is 0.529. The van der Waals surface area contributed by atoms with E-state index in [2.05, 4.69) is 10.6 Å². The molecule has 0 unspecified atom stereocenters. The second-order valence-corrected chi connectivity index (χ2v) is 8.31. The Morgan fingerprint density at radius 1 is 1.23 bits per heavy atom. The molecule has 0 radical (unpaired) electrons. The van der Waals surface area contributed by atoms with Crippen molar-refractivity contribution in [1.82, 2.24) is 9.62 Å². The van der Waals surface area contributed by atoms with Crippen molar-refractivity contribution in [2.24, 2.45) is 5.73 Å². The SMILES string of the molecule is CC[C@H](NC(N)=O)C(=O)Nc1ccc(C)c(S(=O)(=O)N2CCCCC2)c1. The first-order chi connectivity index (χ1) is 12.3. The summed E-state index contributed by atoms with van der Waals surface area (Å²) in [5.74, 6) is -0.448. The Bertz CT molecular complexity index is 773. The number of nitrogens with zero attached hydrogens (tertiary/aromatic N) is 1. The highest BCUT2D eigenvalue weighted by molar-refractivity contribution is 7.89. The Labute approximate surface area is 154 Å². The lowest BCUT2D eigenvalue weighted by molar-refractivity contribution is -0.118. The van der Waals surface area contributed by atoms with Crippen LogP contribution >= 0.6 is 0 Å². The van der Waals surface area contributed by atoms with Crippen molar-refractivity contribution < 1.29 is 18.0 Å². The summed E-state index contributed by atoms with van der Waals surface area (Å²) in [4.78, 5) is 23.5. The zero-order valence-corrected chi connectivity index (χ0v) is 15.9. The van der Waals surface area contributed by atoms with Gasteiger partial charge in [-0.3, -0.25) is 4.79 Å². The summed E-state index contributed by atoms with van der Waals surface area (Å²) in [7, 11) is -3.60. The smallest absolute Gasteiger partial charge is 0.312 e. The van der Waals surface area contributed by atoms with Crippen LogP contribution in [0.25, 0.3) is 0 Å². The Morgan fingerprint density at radius 3 is 2.46 bits per heavy atom. The maximum atomic E-state index is 12.9. The topological polar surface area (TPSA) is 122 Å². The second-order valence-electron chi connectivity index (χ2n) is 6.40. The summed E-state index contributed by atoms with van der Waals surface area (Å²) in [6, 6.07) is 3.20. The number of piperidine rings is 1. The fourth-order valence-electron chi connectivity index (χ4n) is 2.95. The van der Waals surface area contributed by atoms with Crippen molar-refractivity contribution in [3.63, 3.8) is 0 Å². The van der Waals surface area contributed by atoms with Gasteiger partial charge in [0.25, 0.3) is 0 Å². The maximum Gasteiger partial charge on any atom is 0.312 e. The predicted octanol–water partition coefficient (Wildman–Crippen LogP) is 1.56. The van der Waals surface area contributed by atoms with E-state index in [0.717, 1.165) is 19.3 Å². The van der Waals surface area contributed by atoms with Gasteiger partial charge in [0.05, 0.1) is 4.90 Å². The van der Waals surface area contributed by atoms with E-state index in [-0.39, 0.29) is 4.90 Å². The number of sulfonamides is 1. The second kappa shape index (κ2) is 8.50. The van der Waals surface area contributed by atoms with Gasteiger partial charge in [-0.2, -0.15) is 4.31 Å². The Hall–Kier alpha value is -2.13. The highest BCUT2D eigenvalue weighted by Crippen LogP contribution is 2.26. The third kappa shape index (κ3) is 4.73. The van der Waals surface area contributed by atoms with Crippen LogP contribution in [0.3, 0.4) is 0 Å². The van der Waals surface area contributed by atoms with E-state index in [9.17, 15) is 18.0 Å². The molecule has 1 saturated heterocycles. The van der Waals surface area contributed by atoms with Crippen LogP contribution in [-0.2, 0) is 14.8 Å². The molecule has 8 nitrogen and oxygen atoms in total. The molecule has 1 heterocycles. The molecule has 144 valence electrons. The molecule has 1 fully saturated rings. The minimum absolute atomic E-state index is 0.188. The van der Waals surface area contributed by atoms with E-state index in [0.29, 0.717) is 30.8 Å². The third-order valence-electron chi connectivity index (χ3n) is 4.43. The molecule has 0 saturated carbocycles. The number of nitrogens with one attached hydrogen (secondary N) is 2. The van der Waals surface area contributed by atoms with Gasteiger partial charge in [-0.05, 0) is 43.9 Å². The fourth-order valence-corrected chi connectivity index (χ4v) is 4.72. The molecule has 0 bridgehead atoms. The first-order valence-electron chi connectivity index (χ1n) is 8.73. The van der Waals surface area contributed by atoms with Crippen LogP contribution in [0.5, 0.6) is 0 Å². The average molecular weight is 382 g/mol. The normalized spacial score (nSPS) is 16.7.